The second-order valence-electron chi connectivity index (χ2n) is 4.08. The number of hydrogen-bond donors (Lipinski definition) is 0. The van der Waals surface area contributed by atoms with Crippen molar-refractivity contribution in [1.82, 2.24) is 14.7 Å². The zero-order valence-corrected chi connectivity index (χ0v) is 10.5. The molecule has 0 spiro atoms. The van der Waals surface area contributed by atoms with Crippen LogP contribution in [0, 0.1) is 0 Å². The molecule has 3 nitrogen and oxygen atoms in total. The molecule has 0 saturated heterocycles. The van der Waals surface area contributed by atoms with E-state index in [0.717, 1.165) is 25.3 Å². The molecule has 0 aliphatic heterocycles. The first-order chi connectivity index (χ1) is 8.33. The van der Waals surface area contributed by atoms with E-state index in [4.69, 9.17) is 0 Å². The van der Waals surface area contributed by atoms with Gasteiger partial charge in [-0.1, -0.05) is 26.0 Å². The Hall–Kier alpha value is -1.61. The fraction of sp³-hybridized carbons (Fsp3) is 0.357. The van der Waals surface area contributed by atoms with E-state index in [1.165, 1.54) is 5.56 Å². The number of hydrogen-bond acceptors (Lipinski definition) is 2. The van der Waals surface area contributed by atoms with E-state index in [0.29, 0.717) is 0 Å². The van der Waals surface area contributed by atoms with Crippen LogP contribution in [0.25, 0.3) is 5.69 Å². The zero-order valence-electron chi connectivity index (χ0n) is 10.5. The summed E-state index contributed by atoms with van der Waals surface area (Å²) in [5.74, 6) is 0. The molecule has 1 aromatic heterocycles. The molecular weight excluding hydrogens is 210 g/mol. The highest BCUT2D eigenvalue weighted by Gasteiger charge is 2.01. The minimum Gasteiger partial charge on any atom is -0.300 e. The molecule has 0 bridgehead atoms. The summed E-state index contributed by atoms with van der Waals surface area (Å²) < 4.78 is 1.88. The summed E-state index contributed by atoms with van der Waals surface area (Å²) in [5, 5.41) is 4.22. The van der Waals surface area contributed by atoms with E-state index in [-0.39, 0.29) is 0 Å². The van der Waals surface area contributed by atoms with Gasteiger partial charge in [0.1, 0.15) is 0 Å². The molecule has 0 aliphatic rings. The third kappa shape index (κ3) is 2.94. The Kier molecular flexibility index (Phi) is 3.94. The van der Waals surface area contributed by atoms with Crippen molar-refractivity contribution in [2.24, 2.45) is 0 Å². The molecule has 0 amide bonds. The maximum absolute atomic E-state index is 4.22. The van der Waals surface area contributed by atoms with Gasteiger partial charge in [0.15, 0.2) is 0 Å². The summed E-state index contributed by atoms with van der Waals surface area (Å²) in [6.45, 7) is 7.60. The second-order valence-corrected chi connectivity index (χ2v) is 4.08. The molecular formula is C14H19N3. The predicted octanol–water partition coefficient (Wildman–Crippen LogP) is 2.71. The SMILES string of the molecule is CCN(CC)Cc1ccc(-n2cccn2)cc1. The van der Waals surface area contributed by atoms with Crippen LogP contribution in [0.4, 0.5) is 0 Å². The first-order valence-corrected chi connectivity index (χ1v) is 6.14. The number of aromatic nitrogens is 2. The molecule has 0 radical (unpaired) electrons. The lowest BCUT2D eigenvalue weighted by Crippen LogP contribution is -2.22. The average Bonchev–Trinajstić information content (AvgIpc) is 2.90. The third-order valence-corrected chi connectivity index (χ3v) is 3.01. The quantitative estimate of drug-likeness (QED) is 0.786. The molecule has 3 heteroatoms. The number of nitrogens with zero attached hydrogens (tertiary/aromatic N) is 3. The Morgan fingerprint density at radius 1 is 1.12 bits per heavy atom. The van der Waals surface area contributed by atoms with Crippen LogP contribution >= 0.6 is 0 Å². The van der Waals surface area contributed by atoms with Gasteiger partial charge in [0.2, 0.25) is 0 Å². The first kappa shape index (κ1) is 11.9. The third-order valence-electron chi connectivity index (χ3n) is 3.01. The highest BCUT2D eigenvalue weighted by Crippen LogP contribution is 2.10. The Morgan fingerprint density at radius 2 is 1.82 bits per heavy atom. The average molecular weight is 229 g/mol. The number of rotatable bonds is 5. The minimum absolute atomic E-state index is 1.02. The van der Waals surface area contributed by atoms with E-state index in [2.05, 4.69) is 48.1 Å². The molecule has 0 aliphatic carbocycles. The highest BCUT2D eigenvalue weighted by atomic mass is 15.3. The van der Waals surface area contributed by atoms with Crippen molar-refractivity contribution in [3.8, 4) is 5.69 Å². The summed E-state index contributed by atoms with van der Waals surface area (Å²) >= 11 is 0. The van der Waals surface area contributed by atoms with Crippen molar-refractivity contribution in [2.45, 2.75) is 20.4 Å². The smallest absolute Gasteiger partial charge is 0.0645 e. The van der Waals surface area contributed by atoms with Gasteiger partial charge in [0.05, 0.1) is 5.69 Å². The fourth-order valence-corrected chi connectivity index (χ4v) is 1.88. The summed E-state index contributed by atoms with van der Waals surface area (Å²) in [5.41, 5.74) is 2.46. The largest absolute Gasteiger partial charge is 0.300 e. The molecule has 0 N–H and O–H groups in total. The topological polar surface area (TPSA) is 21.1 Å². The molecule has 0 fully saturated rings. The lowest BCUT2D eigenvalue weighted by molar-refractivity contribution is 0.296. The van der Waals surface area contributed by atoms with E-state index in [1.54, 1.807) is 6.20 Å². The van der Waals surface area contributed by atoms with Crippen LogP contribution in [0.1, 0.15) is 19.4 Å². The van der Waals surface area contributed by atoms with E-state index in [1.807, 2.05) is 16.9 Å². The van der Waals surface area contributed by atoms with Crippen molar-refractivity contribution in [3.63, 3.8) is 0 Å². The predicted molar refractivity (Wildman–Crippen MR) is 70.2 cm³/mol. The summed E-state index contributed by atoms with van der Waals surface area (Å²) in [6.07, 6.45) is 3.75. The Labute approximate surface area is 103 Å². The van der Waals surface area contributed by atoms with Gasteiger partial charge >= 0.3 is 0 Å². The van der Waals surface area contributed by atoms with Crippen LogP contribution in [0.15, 0.2) is 42.7 Å². The molecule has 1 heterocycles. The zero-order chi connectivity index (χ0) is 12.1. The fourth-order valence-electron chi connectivity index (χ4n) is 1.88. The molecule has 0 unspecified atom stereocenters. The molecule has 17 heavy (non-hydrogen) atoms. The second kappa shape index (κ2) is 5.64. The van der Waals surface area contributed by atoms with Gasteiger partial charge in [0.25, 0.3) is 0 Å². The molecule has 0 saturated carbocycles. The van der Waals surface area contributed by atoms with Crippen molar-refractivity contribution in [2.75, 3.05) is 13.1 Å². The van der Waals surface area contributed by atoms with Crippen LogP contribution in [0.5, 0.6) is 0 Å². The first-order valence-electron chi connectivity index (χ1n) is 6.14. The lowest BCUT2D eigenvalue weighted by atomic mass is 10.2. The Morgan fingerprint density at radius 3 is 2.35 bits per heavy atom. The standard InChI is InChI=1S/C14H19N3/c1-3-16(4-2)12-13-6-8-14(9-7-13)17-11-5-10-15-17/h5-11H,3-4,12H2,1-2H3. The molecule has 0 atom stereocenters. The summed E-state index contributed by atoms with van der Waals surface area (Å²) in [7, 11) is 0. The van der Waals surface area contributed by atoms with Crippen molar-refractivity contribution in [1.29, 1.82) is 0 Å². The van der Waals surface area contributed by atoms with Gasteiger partial charge in [-0.25, -0.2) is 4.68 Å². The summed E-state index contributed by atoms with van der Waals surface area (Å²) in [4.78, 5) is 2.41. The molecule has 1 aromatic carbocycles. The van der Waals surface area contributed by atoms with Crippen LogP contribution in [-0.2, 0) is 6.54 Å². The van der Waals surface area contributed by atoms with Gasteiger partial charge in [-0.3, -0.25) is 4.90 Å². The lowest BCUT2D eigenvalue weighted by Gasteiger charge is -2.18. The van der Waals surface area contributed by atoms with Crippen LogP contribution < -0.4 is 0 Å². The Balaban J connectivity index is 2.08. The van der Waals surface area contributed by atoms with Gasteiger partial charge in [-0.15, -0.1) is 0 Å². The summed E-state index contributed by atoms with van der Waals surface area (Å²) in [6, 6.07) is 10.5. The molecule has 2 rings (SSSR count). The van der Waals surface area contributed by atoms with E-state index < -0.39 is 0 Å². The molecule has 2 aromatic rings. The van der Waals surface area contributed by atoms with Gasteiger partial charge in [-0.2, -0.15) is 5.10 Å². The van der Waals surface area contributed by atoms with Crippen molar-refractivity contribution in [3.05, 3.63) is 48.3 Å². The van der Waals surface area contributed by atoms with Crippen LogP contribution in [0.3, 0.4) is 0 Å². The van der Waals surface area contributed by atoms with Gasteiger partial charge < -0.3 is 0 Å². The van der Waals surface area contributed by atoms with Crippen LogP contribution in [-0.4, -0.2) is 27.8 Å². The monoisotopic (exact) mass is 229 g/mol. The van der Waals surface area contributed by atoms with Crippen LogP contribution in [0.2, 0.25) is 0 Å². The minimum atomic E-state index is 1.02. The molecule has 90 valence electrons. The van der Waals surface area contributed by atoms with E-state index >= 15 is 0 Å². The number of benzene rings is 1. The highest BCUT2D eigenvalue weighted by molar-refractivity contribution is 5.33. The van der Waals surface area contributed by atoms with Crippen molar-refractivity contribution < 1.29 is 0 Å². The Bertz CT molecular complexity index is 427. The van der Waals surface area contributed by atoms with Gasteiger partial charge in [0, 0.05) is 18.9 Å². The van der Waals surface area contributed by atoms with Gasteiger partial charge in [-0.05, 0) is 36.9 Å². The normalized spacial score (nSPS) is 11.0. The van der Waals surface area contributed by atoms with E-state index in [9.17, 15) is 0 Å². The maximum Gasteiger partial charge on any atom is 0.0645 e. The van der Waals surface area contributed by atoms with Crippen molar-refractivity contribution >= 4 is 0 Å². The maximum atomic E-state index is 4.22.